The zero-order valence-corrected chi connectivity index (χ0v) is 20.5. The summed E-state index contributed by atoms with van der Waals surface area (Å²) in [7, 11) is 0. The van der Waals surface area contributed by atoms with Gasteiger partial charge in [-0.2, -0.15) is 5.10 Å². The van der Waals surface area contributed by atoms with Crippen molar-refractivity contribution in [3.05, 3.63) is 94.7 Å². The summed E-state index contributed by atoms with van der Waals surface area (Å²) in [5, 5.41) is 10.4. The van der Waals surface area contributed by atoms with Crippen LogP contribution in [0.3, 0.4) is 0 Å². The van der Waals surface area contributed by atoms with Gasteiger partial charge in [-0.05, 0) is 37.1 Å². The highest BCUT2D eigenvalue weighted by molar-refractivity contribution is 5.99. The number of hydrogen-bond acceptors (Lipinski definition) is 6. The Morgan fingerprint density at radius 3 is 2.62 bits per heavy atom. The second kappa shape index (κ2) is 9.94. The van der Waals surface area contributed by atoms with Crippen LogP contribution in [0.25, 0.3) is 16.9 Å². The molecule has 0 spiro atoms. The molecule has 2 amide bonds. The van der Waals surface area contributed by atoms with Crippen LogP contribution in [0.15, 0.2) is 77.9 Å². The van der Waals surface area contributed by atoms with Crippen molar-refractivity contribution in [2.75, 3.05) is 10.6 Å². The van der Waals surface area contributed by atoms with Gasteiger partial charge in [0.2, 0.25) is 0 Å². The summed E-state index contributed by atoms with van der Waals surface area (Å²) < 4.78 is 7.70. The molecule has 3 N–H and O–H groups in total. The van der Waals surface area contributed by atoms with Gasteiger partial charge in [0.1, 0.15) is 17.1 Å². The average Bonchev–Trinajstić information content (AvgIpc) is 3.28. The first-order chi connectivity index (χ1) is 17.9. The number of aromatic nitrogens is 5. The number of ether oxygens (including phenoxy) is 1. The summed E-state index contributed by atoms with van der Waals surface area (Å²) in [6.45, 7) is 6.12. The normalized spacial score (nSPS) is 11.0. The molecule has 0 aliphatic heterocycles. The molecule has 0 aliphatic carbocycles. The predicted octanol–water partition coefficient (Wildman–Crippen LogP) is 5.37. The van der Waals surface area contributed by atoms with Gasteiger partial charge in [0.25, 0.3) is 5.56 Å². The van der Waals surface area contributed by atoms with Crippen LogP contribution < -0.4 is 20.9 Å². The summed E-state index contributed by atoms with van der Waals surface area (Å²) in [5.41, 5.74) is 3.78. The first-order valence-corrected chi connectivity index (χ1v) is 11.7. The molecule has 10 heteroatoms. The lowest BCUT2D eigenvalue weighted by Crippen LogP contribution is -2.21. The number of hydrogen-bond donors (Lipinski definition) is 3. The van der Waals surface area contributed by atoms with Gasteiger partial charge in [0, 0.05) is 30.1 Å². The third-order valence-electron chi connectivity index (χ3n) is 5.60. The number of urea groups is 1. The van der Waals surface area contributed by atoms with Crippen LogP contribution in [-0.4, -0.2) is 30.8 Å². The van der Waals surface area contributed by atoms with Crippen molar-refractivity contribution in [2.45, 2.75) is 26.7 Å². The number of H-pyrrole nitrogens is 1. The Hall–Kier alpha value is -4.99. The van der Waals surface area contributed by atoms with Gasteiger partial charge in [-0.25, -0.2) is 19.4 Å². The van der Waals surface area contributed by atoms with Gasteiger partial charge in [-0.15, -0.1) is 0 Å². The standard InChI is InChI=1S/C27H25N7O3/c1-16(2)21-14-23(34(33-21)19-9-7-17(3)8-10-19)31-27(36)30-18-5-4-6-20(13-18)37-22-11-12-28-26-25(22)29-15-24(35)32-26/h4-16H,1-3H3,(H,28,32,35)(H2,30,31,36). The SMILES string of the molecule is Cc1ccc(-n2nc(C(C)C)cc2NC(=O)Nc2cccc(Oc3ccnc4[nH]c(=O)cnc34)c2)cc1. The van der Waals surface area contributed by atoms with Crippen molar-refractivity contribution in [1.29, 1.82) is 0 Å². The zero-order chi connectivity index (χ0) is 25.9. The molecule has 37 heavy (non-hydrogen) atoms. The molecule has 186 valence electrons. The molecule has 0 saturated carbocycles. The van der Waals surface area contributed by atoms with Gasteiger partial charge < -0.3 is 15.0 Å². The van der Waals surface area contributed by atoms with Crippen LogP contribution in [-0.2, 0) is 0 Å². The largest absolute Gasteiger partial charge is 0.455 e. The van der Waals surface area contributed by atoms with Crippen molar-refractivity contribution in [1.82, 2.24) is 24.7 Å². The fourth-order valence-corrected chi connectivity index (χ4v) is 3.70. The predicted molar refractivity (Wildman–Crippen MR) is 142 cm³/mol. The Bertz CT molecular complexity index is 1640. The van der Waals surface area contributed by atoms with Crippen LogP contribution >= 0.6 is 0 Å². The number of amides is 2. The maximum Gasteiger partial charge on any atom is 0.324 e. The number of carbonyl (C=O) groups excluding carboxylic acids is 1. The summed E-state index contributed by atoms with van der Waals surface area (Å²) in [4.78, 5) is 35.3. The lowest BCUT2D eigenvalue weighted by Gasteiger charge is -2.12. The Balaban J connectivity index is 1.34. The lowest BCUT2D eigenvalue weighted by molar-refractivity contribution is 0.262. The number of rotatable bonds is 6. The first-order valence-electron chi connectivity index (χ1n) is 11.7. The van der Waals surface area contributed by atoms with Crippen LogP contribution in [0, 0.1) is 6.92 Å². The second-order valence-corrected chi connectivity index (χ2v) is 8.82. The van der Waals surface area contributed by atoms with Crippen molar-refractivity contribution >= 4 is 28.7 Å². The third-order valence-corrected chi connectivity index (χ3v) is 5.60. The molecule has 5 rings (SSSR count). The van der Waals surface area contributed by atoms with E-state index < -0.39 is 6.03 Å². The minimum atomic E-state index is -0.422. The molecule has 0 saturated heterocycles. The summed E-state index contributed by atoms with van der Waals surface area (Å²) in [5.74, 6) is 1.65. The maximum absolute atomic E-state index is 12.9. The van der Waals surface area contributed by atoms with E-state index in [0.29, 0.717) is 34.2 Å². The molecular weight excluding hydrogens is 470 g/mol. The highest BCUT2D eigenvalue weighted by atomic mass is 16.5. The number of anilines is 2. The van der Waals surface area contributed by atoms with E-state index in [1.165, 1.54) is 12.4 Å². The lowest BCUT2D eigenvalue weighted by atomic mass is 10.1. The molecule has 3 heterocycles. The number of carbonyl (C=O) groups is 1. The number of nitrogens with zero attached hydrogens (tertiary/aromatic N) is 4. The molecule has 0 aliphatic rings. The molecule has 10 nitrogen and oxygen atoms in total. The van der Waals surface area contributed by atoms with E-state index in [-0.39, 0.29) is 11.5 Å². The fourth-order valence-electron chi connectivity index (χ4n) is 3.70. The highest BCUT2D eigenvalue weighted by Gasteiger charge is 2.15. The third kappa shape index (κ3) is 5.32. The molecule has 3 aromatic heterocycles. The minimum absolute atomic E-state index is 0.195. The number of aromatic amines is 1. The van der Waals surface area contributed by atoms with Crippen molar-refractivity contribution in [2.24, 2.45) is 0 Å². The van der Waals surface area contributed by atoms with Gasteiger partial charge in [0.05, 0.1) is 17.6 Å². The van der Waals surface area contributed by atoms with E-state index in [1.807, 2.05) is 37.3 Å². The van der Waals surface area contributed by atoms with Crippen LogP contribution in [0.2, 0.25) is 0 Å². The fraction of sp³-hybridized carbons (Fsp3) is 0.148. The molecule has 0 unspecified atom stereocenters. The molecule has 5 aromatic rings. The molecule has 0 bridgehead atoms. The molecular formula is C27H25N7O3. The van der Waals surface area contributed by atoms with Crippen molar-refractivity contribution in [3.8, 4) is 17.2 Å². The Labute approximate surface area is 212 Å². The number of aryl methyl sites for hydroxylation is 1. The van der Waals surface area contributed by atoms with Crippen LogP contribution in [0.4, 0.5) is 16.3 Å². The Kier molecular flexibility index (Phi) is 6.38. The number of pyridine rings is 1. The topological polar surface area (TPSA) is 127 Å². The van der Waals surface area contributed by atoms with Gasteiger partial charge in [0.15, 0.2) is 11.4 Å². The van der Waals surface area contributed by atoms with Crippen LogP contribution in [0.1, 0.15) is 31.0 Å². The Morgan fingerprint density at radius 1 is 1.03 bits per heavy atom. The molecule has 0 radical (unpaired) electrons. The number of benzene rings is 2. The molecule has 0 atom stereocenters. The quantitative estimate of drug-likeness (QED) is 0.291. The van der Waals surface area contributed by atoms with Crippen LogP contribution in [0.5, 0.6) is 11.5 Å². The summed E-state index contributed by atoms with van der Waals surface area (Å²) in [6.07, 6.45) is 2.69. The second-order valence-electron chi connectivity index (χ2n) is 8.82. The first kappa shape index (κ1) is 23.7. The summed E-state index contributed by atoms with van der Waals surface area (Å²) >= 11 is 0. The van der Waals surface area contributed by atoms with Crippen molar-refractivity contribution < 1.29 is 9.53 Å². The van der Waals surface area contributed by atoms with E-state index in [9.17, 15) is 9.59 Å². The summed E-state index contributed by atoms with van der Waals surface area (Å²) in [6, 6.07) is 18.0. The zero-order valence-electron chi connectivity index (χ0n) is 20.5. The van der Waals surface area contributed by atoms with Gasteiger partial charge >= 0.3 is 6.03 Å². The van der Waals surface area contributed by atoms with E-state index >= 15 is 0 Å². The Morgan fingerprint density at radius 2 is 1.84 bits per heavy atom. The highest BCUT2D eigenvalue weighted by Crippen LogP contribution is 2.28. The van der Waals surface area contributed by atoms with Crippen molar-refractivity contribution in [3.63, 3.8) is 0 Å². The maximum atomic E-state index is 12.9. The van der Waals surface area contributed by atoms with Gasteiger partial charge in [-0.1, -0.05) is 37.6 Å². The van der Waals surface area contributed by atoms with Gasteiger partial charge in [-0.3, -0.25) is 10.1 Å². The van der Waals surface area contributed by atoms with E-state index in [2.05, 4.69) is 44.5 Å². The van der Waals surface area contributed by atoms with E-state index in [0.717, 1.165) is 16.9 Å². The number of fused-ring (bicyclic) bond motifs is 1. The van der Waals surface area contributed by atoms with E-state index in [4.69, 9.17) is 4.74 Å². The molecule has 2 aromatic carbocycles. The number of nitrogens with one attached hydrogen (secondary N) is 3. The average molecular weight is 496 g/mol. The van der Waals surface area contributed by atoms with E-state index in [1.54, 1.807) is 35.0 Å². The molecule has 0 fully saturated rings. The monoisotopic (exact) mass is 495 g/mol. The smallest absolute Gasteiger partial charge is 0.324 e. The minimum Gasteiger partial charge on any atom is -0.455 e.